The number of carbonyl (C=O) groups is 1. The SMILES string of the molecule is CN(C)C(=S)SC1CCCCC1=O. The molecule has 0 heterocycles. The van der Waals surface area contributed by atoms with E-state index in [1.54, 1.807) is 11.8 Å². The number of carbonyl (C=O) groups excluding carboxylic acids is 1. The molecule has 0 aliphatic heterocycles. The zero-order chi connectivity index (χ0) is 9.84. The van der Waals surface area contributed by atoms with Crippen molar-refractivity contribution in [2.45, 2.75) is 30.9 Å². The minimum absolute atomic E-state index is 0.128. The van der Waals surface area contributed by atoms with Gasteiger partial charge in [0.05, 0.1) is 5.25 Å². The molecular formula is C9H15NOS2. The highest BCUT2D eigenvalue weighted by atomic mass is 32.2. The van der Waals surface area contributed by atoms with Gasteiger partial charge >= 0.3 is 0 Å². The Balaban J connectivity index is 2.43. The minimum Gasteiger partial charge on any atom is -0.364 e. The number of rotatable bonds is 1. The topological polar surface area (TPSA) is 20.3 Å². The van der Waals surface area contributed by atoms with Crippen LogP contribution in [0, 0.1) is 0 Å². The molecule has 0 saturated heterocycles. The van der Waals surface area contributed by atoms with Crippen LogP contribution in [0.25, 0.3) is 0 Å². The summed E-state index contributed by atoms with van der Waals surface area (Å²) >= 11 is 6.69. The van der Waals surface area contributed by atoms with Crippen LogP contribution in [0.3, 0.4) is 0 Å². The fraction of sp³-hybridized carbons (Fsp3) is 0.778. The molecule has 13 heavy (non-hydrogen) atoms. The molecule has 74 valence electrons. The molecule has 1 aliphatic carbocycles. The van der Waals surface area contributed by atoms with Crippen molar-refractivity contribution >= 4 is 34.1 Å². The Labute approximate surface area is 89.1 Å². The van der Waals surface area contributed by atoms with E-state index in [4.69, 9.17) is 12.2 Å². The van der Waals surface area contributed by atoms with Crippen LogP contribution in [-0.2, 0) is 4.79 Å². The molecule has 0 aromatic carbocycles. The molecule has 1 unspecified atom stereocenters. The molecule has 1 atom stereocenters. The van der Waals surface area contributed by atoms with Gasteiger partial charge in [-0.3, -0.25) is 4.79 Å². The Hall–Kier alpha value is -0.0900. The van der Waals surface area contributed by atoms with E-state index in [9.17, 15) is 4.79 Å². The predicted molar refractivity (Wildman–Crippen MR) is 61.1 cm³/mol. The first-order valence-corrected chi connectivity index (χ1v) is 5.80. The van der Waals surface area contributed by atoms with E-state index in [0.717, 1.165) is 23.6 Å². The molecule has 0 aromatic rings. The fourth-order valence-corrected chi connectivity index (χ4v) is 2.64. The van der Waals surface area contributed by atoms with Crippen molar-refractivity contribution < 1.29 is 4.79 Å². The number of thiocarbonyl (C=S) groups is 1. The van der Waals surface area contributed by atoms with E-state index in [2.05, 4.69) is 0 Å². The van der Waals surface area contributed by atoms with Crippen molar-refractivity contribution in [1.82, 2.24) is 4.90 Å². The van der Waals surface area contributed by atoms with Gasteiger partial charge in [-0.05, 0) is 12.8 Å². The third-order valence-electron chi connectivity index (χ3n) is 2.11. The van der Waals surface area contributed by atoms with Gasteiger partial charge in [0, 0.05) is 20.5 Å². The maximum Gasteiger partial charge on any atom is 0.146 e. The summed E-state index contributed by atoms with van der Waals surface area (Å²) in [5.74, 6) is 0.375. The lowest BCUT2D eigenvalue weighted by molar-refractivity contribution is -0.119. The monoisotopic (exact) mass is 217 g/mol. The number of nitrogens with zero attached hydrogens (tertiary/aromatic N) is 1. The Kier molecular flexibility index (Phi) is 4.19. The zero-order valence-electron chi connectivity index (χ0n) is 8.08. The largest absolute Gasteiger partial charge is 0.364 e. The van der Waals surface area contributed by atoms with Crippen molar-refractivity contribution in [3.63, 3.8) is 0 Å². The third kappa shape index (κ3) is 3.27. The molecule has 1 aliphatic rings. The third-order valence-corrected chi connectivity index (χ3v) is 4.11. The number of Topliss-reactive ketones (excluding diaryl/α,β-unsaturated/α-hetero) is 1. The summed E-state index contributed by atoms with van der Waals surface area (Å²) in [6.45, 7) is 0. The first-order chi connectivity index (χ1) is 6.11. The van der Waals surface area contributed by atoms with Crippen LogP contribution in [0.2, 0.25) is 0 Å². The number of hydrogen-bond donors (Lipinski definition) is 0. The van der Waals surface area contributed by atoms with Gasteiger partial charge in [-0.15, -0.1) is 0 Å². The second-order valence-corrected chi connectivity index (χ2v) is 5.32. The highest BCUT2D eigenvalue weighted by Crippen LogP contribution is 2.27. The van der Waals surface area contributed by atoms with Gasteiger partial charge in [0.2, 0.25) is 0 Å². The maximum atomic E-state index is 11.5. The Morgan fingerprint density at radius 1 is 1.54 bits per heavy atom. The minimum atomic E-state index is 0.128. The van der Waals surface area contributed by atoms with Gasteiger partial charge in [-0.1, -0.05) is 30.4 Å². The Morgan fingerprint density at radius 2 is 2.23 bits per heavy atom. The summed E-state index contributed by atoms with van der Waals surface area (Å²) in [4.78, 5) is 13.3. The Bertz CT molecular complexity index is 216. The maximum absolute atomic E-state index is 11.5. The summed E-state index contributed by atoms with van der Waals surface area (Å²) in [5.41, 5.74) is 0. The van der Waals surface area contributed by atoms with Crippen molar-refractivity contribution in [3.05, 3.63) is 0 Å². The fourth-order valence-electron chi connectivity index (χ4n) is 1.30. The molecule has 0 bridgehead atoms. The average Bonchev–Trinajstić information content (AvgIpc) is 2.08. The van der Waals surface area contributed by atoms with E-state index in [-0.39, 0.29) is 5.25 Å². The molecule has 0 N–H and O–H groups in total. The van der Waals surface area contributed by atoms with Crippen molar-refractivity contribution in [2.75, 3.05) is 14.1 Å². The van der Waals surface area contributed by atoms with Crippen LogP contribution in [0.5, 0.6) is 0 Å². The summed E-state index contributed by atoms with van der Waals surface area (Å²) < 4.78 is 0.820. The van der Waals surface area contributed by atoms with Crippen LogP contribution in [0.1, 0.15) is 25.7 Å². The predicted octanol–water partition coefficient (Wildman–Crippen LogP) is 2.08. The highest BCUT2D eigenvalue weighted by molar-refractivity contribution is 8.23. The second kappa shape index (κ2) is 4.96. The van der Waals surface area contributed by atoms with Gasteiger partial charge in [-0.25, -0.2) is 0 Å². The van der Waals surface area contributed by atoms with E-state index in [0.29, 0.717) is 5.78 Å². The molecule has 1 fully saturated rings. The van der Waals surface area contributed by atoms with E-state index >= 15 is 0 Å². The van der Waals surface area contributed by atoms with Gasteiger partial charge in [0.25, 0.3) is 0 Å². The summed E-state index contributed by atoms with van der Waals surface area (Å²) in [5, 5.41) is 0.128. The quantitative estimate of drug-likeness (QED) is 0.626. The second-order valence-electron chi connectivity index (χ2n) is 3.48. The van der Waals surface area contributed by atoms with Crippen LogP contribution in [0.4, 0.5) is 0 Å². The first-order valence-electron chi connectivity index (χ1n) is 4.52. The molecule has 0 radical (unpaired) electrons. The lowest BCUT2D eigenvalue weighted by Crippen LogP contribution is -2.26. The molecule has 2 nitrogen and oxygen atoms in total. The van der Waals surface area contributed by atoms with Crippen molar-refractivity contribution in [1.29, 1.82) is 0 Å². The van der Waals surface area contributed by atoms with Crippen LogP contribution in [0.15, 0.2) is 0 Å². The highest BCUT2D eigenvalue weighted by Gasteiger charge is 2.24. The molecule has 1 rings (SSSR count). The summed E-state index contributed by atoms with van der Waals surface area (Å²) in [7, 11) is 3.84. The van der Waals surface area contributed by atoms with Crippen LogP contribution in [-0.4, -0.2) is 34.3 Å². The molecule has 1 saturated carbocycles. The molecule has 0 aromatic heterocycles. The molecule has 0 amide bonds. The smallest absolute Gasteiger partial charge is 0.146 e. The summed E-state index contributed by atoms with van der Waals surface area (Å²) in [6, 6.07) is 0. The first kappa shape index (κ1) is 11.0. The van der Waals surface area contributed by atoms with Gasteiger partial charge in [0.1, 0.15) is 10.1 Å². The molecular weight excluding hydrogens is 202 g/mol. The number of hydrogen-bond acceptors (Lipinski definition) is 3. The summed E-state index contributed by atoms with van der Waals surface area (Å²) in [6.07, 6.45) is 3.97. The average molecular weight is 217 g/mol. The standard InChI is InChI=1S/C9H15NOS2/c1-10(2)9(12)13-8-6-4-3-5-7(8)11/h8H,3-6H2,1-2H3. The molecule has 0 spiro atoms. The van der Waals surface area contributed by atoms with E-state index in [1.165, 1.54) is 6.42 Å². The van der Waals surface area contributed by atoms with Crippen molar-refractivity contribution in [3.8, 4) is 0 Å². The van der Waals surface area contributed by atoms with Gasteiger partial charge in [0.15, 0.2) is 0 Å². The Morgan fingerprint density at radius 3 is 2.77 bits per heavy atom. The number of thioether (sulfide) groups is 1. The normalized spacial score (nSPS) is 22.9. The van der Waals surface area contributed by atoms with Crippen LogP contribution >= 0.6 is 24.0 Å². The van der Waals surface area contributed by atoms with Crippen LogP contribution < -0.4 is 0 Å². The lowest BCUT2D eigenvalue weighted by atomic mass is 9.99. The van der Waals surface area contributed by atoms with Gasteiger partial charge in [-0.2, -0.15) is 0 Å². The zero-order valence-corrected chi connectivity index (χ0v) is 9.71. The lowest BCUT2D eigenvalue weighted by Gasteiger charge is -2.22. The van der Waals surface area contributed by atoms with Crippen molar-refractivity contribution in [2.24, 2.45) is 0 Å². The number of ketones is 1. The van der Waals surface area contributed by atoms with E-state index in [1.807, 2.05) is 19.0 Å². The van der Waals surface area contributed by atoms with E-state index < -0.39 is 0 Å². The van der Waals surface area contributed by atoms with Gasteiger partial charge < -0.3 is 4.90 Å². The molecule has 4 heteroatoms.